The summed E-state index contributed by atoms with van der Waals surface area (Å²) in [4.78, 5) is 19.9. The predicted octanol–water partition coefficient (Wildman–Crippen LogP) is 2.53. The van der Waals surface area contributed by atoms with Crippen LogP contribution in [0.3, 0.4) is 0 Å². The second kappa shape index (κ2) is 5.22. The van der Waals surface area contributed by atoms with Crippen LogP contribution in [0.4, 0.5) is 14.7 Å². The molecule has 0 bridgehead atoms. The minimum atomic E-state index is -2.48. The molecule has 0 atom stereocenters. The smallest absolute Gasteiger partial charge is 0.256 e. The second-order valence-corrected chi connectivity index (χ2v) is 5.39. The number of alkyl halides is 2. The van der Waals surface area contributed by atoms with Gasteiger partial charge in [0.1, 0.15) is 17.0 Å². The number of imidazole rings is 1. The van der Waals surface area contributed by atoms with Gasteiger partial charge in [0.05, 0.1) is 12.2 Å². The Morgan fingerprint density at radius 2 is 2.08 bits per heavy atom. The summed E-state index contributed by atoms with van der Waals surface area (Å²) in [6.45, 7) is 1.25. The number of H-pyrrole nitrogens is 1. The van der Waals surface area contributed by atoms with Crippen LogP contribution in [0.5, 0.6) is 0 Å². The summed E-state index contributed by atoms with van der Waals surface area (Å²) < 4.78 is 27.1. The van der Waals surface area contributed by atoms with Gasteiger partial charge in [0, 0.05) is 23.3 Å². The third-order valence-corrected chi connectivity index (χ3v) is 3.83. The molecule has 0 radical (unpaired) electrons. The summed E-state index contributed by atoms with van der Waals surface area (Å²) in [7, 11) is 0. The van der Waals surface area contributed by atoms with Gasteiger partial charge in [-0.25, -0.2) is 23.7 Å². The fourth-order valence-corrected chi connectivity index (χ4v) is 2.75. The molecule has 0 saturated heterocycles. The molecule has 0 amide bonds. The van der Waals surface area contributed by atoms with Gasteiger partial charge in [0.25, 0.3) is 6.43 Å². The van der Waals surface area contributed by atoms with E-state index >= 15 is 0 Å². The van der Waals surface area contributed by atoms with Crippen molar-refractivity contribution in [2.24, 2.45) is 0 Å². The second-order valence-electron chi connectivity index (χ2n) is 5.39. The van der Waals surface area contributed by atoms with E-state index in [2.05, 4.69) is 24.9 Å². The van der Waals surface area contributed by atoms with Crippen LogP contribution in [0.15, 0.2) is 24.5 Å². The zero-order valence-corrected chi connectivity index (χ0v) is 12.7. The van der Waals surface area contributed by atoms with Crippen molar-refractivity contribution in [3.63, 3.8) is 0 Å². The molecule has 0 aliphatic rings. The minimum absolute atomic E-state index is 0.171. The highest BCUT2D eigenvalue weighted by molar-refractivity contribution is 5.93. The van der Waals surface area contributed by atoms with E-state index in [-0.39, 0.29) is 5.95 Å². The Hall–Kier alpha value is -3.10. The summed E-state index contributed by atoms with van der Waals surface area (Å²) in [5, 5.41) is 0.757. The van der Waals surface area contributed by atoms with Crippen LogP contribution in [0.2, 0.25) is 0 Å². The van der Waals surface area contributed by atoms with Crippen LogP contribution >= 0.6 is 0 Å². The maximum Gasteiger partial charge on any atom is 0.256 e. The Kier molecular flexibility index (Phi) is 3.15. The number of aromatic amines is 1. The lowest BCUT2D eigenvalue weighted by Crippen LogP contribution is -2.08. The first-order valence-electron chi connectivity index (χ1n) is 7.25. The minimum Gasteiger partial charge on any atom is -0.368 e. The number of nitrogens with one attached hydrogen (secondary N) is 1. The Bertz CT molecular complexity index is 1050. The molecule has 0 aliphatic heterocycles. The van der Waals surface area contributed by atoms with Gasteiger partial charge in [-0.05, 0) is 19.1 Å². The van der Waals surface area contributed by atoms with Gasteiger partial charge in [0.15, 0.2) is 5.65 Å². The van der Waals surface area contributed by atoms with E-state index in [0.29, 0.717) is 28.3 Å². The fourth-order valence-electron chi connectivity index (χ4n) is 2.75. The lowest BCUT2D eigenvalue weighted by molar-refractivity contribution is 0.127. The van der Waals surface area contributed by atoms with E-state index in [1.54, 1.807) is 31.5 Å². The first-order valence-corrected chi connectivity index (χ1v) is 7.25. The van der Waals surface area contributed by atoms with Gasteiger partial charge in [-0.3, -0.25) is 0 Å². The molecular weight excluding hydrogens is 316 g/mol. The number of rotatable bonds is 3. The number of hydrogen-bond donors (Lipinski definition) is 2. The Morgan fingerprint density at radius 1 is 1.25 bits per heavy atom. The molecule has 0 aromatic carbocycles. The number of anilines is 1. The standard InChI is InChI=1S/C15H13F2N7/c1-7-21-11-3-2-10(22-14(11)24(7)6-12(16)17)8-4-19-13-9(8)5-20-15(18)23-13/h2-5,12H,6H2,1H3,(H3,18,19,20,23). The number of nitrogen functional groups attached to an aromatic ring is 1. The molecule has 0 aliphatic carbocycles. The highest BCUT2D eigenvalue weighted by Crippen LogP contribution is 2.28. The van der Waals surface area contributed by atoms with Crippen molar-refractivity contribution in [3.8, 4) is 11.3 Å². The summed E-state index contributed by atoms with van der Waals surface area (Å²) in [6, 6.07) is 3.56. The van der Waals surface area contributed by atoms with Gasteiger partial charge in [-0.1, -0.05) is 0 Å². The van der Waals surface area contributed by atoms with Gasteiger partial charge in [-0.2, -0.15) is 4.98 Å². The van der Waals surface area contributed by atoms with Gasteiger partial charge >= 0.3 is 0 Å². The highest BCUT2D eigenvalue weighted by atomic mass is 19.3. The van der Waals surface area contributed by atoms with E-state index in [0.717, 1.165) is 10.9 Å². The Balaban J connectivity index is 1.90. The molecule has 0 unspecified atom stereocenters. The zero-order chi connectivity index (χ0) is 16.8. The lowest BCUT2D eigenvalue weighted by atomic mass is 10.1. The molecule has 9 heteroatoms. The fraction of sp³-hybridized carbons (Fsp3) is 0.200. The topological polar surface area (TPSA) is 98.3 Å². The Morgan fingerprint density at radius 3 is 2.88 bits per heavy atom. The maximum absolute atomic E-state index is 12.8. The first kappa shape index (κ1) is 14.5. The lowest BCUT2D eigenvalue weighted by Gasteiger charge is -2.06. The van der Waals surface area contributed by atoms with Crippen LogP contribution in [-0.4, -0.2) is 35.9 Å². The third kappa shape index (κ3) is 2.25. The van der Waals surface area contributed by atoms with Crippen LogP contribution < -0.4 is 5.73 Å². The number of halogens is 2. The van der Waals surface area contributed by atoms with E-state index in [1.165, 1.54) is 4.57 Å². The number of aryl methyl sites for hydroxylation is 1. The van der Waals surface area contributed by atoms with Crippen molar-refractivity contribution in [3.05, 3.63) is 30.4 Å². The van der Waals surface area contributed by atoms with E-state index in [4.69, 9.17) is 5.73 Å². The van der Waals surface area contributed by atoms with Crippen LogP contribution in [0.25, 0.3) is 33.5 Å². The van der Waals surface area contributed by atoms with Gasteiger partial charge in [0.2, 0.25) is 5.95 Å². The van der Waals surface area contributed by atoms with Gasteiger partial charge in [-0.15, -0.1) is 0 Å². The van der Waals surface area contributed by atoms with E-state index in [9.17, 15) is 8.78 Å². The maximum atomic E-state index is 12.8. The van der Waals surface area contributed by atoms with Gasteiger partial charge < -0.3 is 15.3 Å². The van der Waals surface area contributed by atoms with Crippen molar-refractivity contribution >= 4 is 28.1 Å². The predicted molar refractivity (Wildman–Crippen MR) is 85.6 cm³/mol. The molecule has 24 heavy (non-hydrogen) atoms. The SMILES string of the molecule is Cc1nc2ccc(-c3c[nH]c4nc(N)ncc34)nc2n1CC(F)F. The molecule has 4 aromatic heterocycles. The number of hydrogen-bond acceptors (Lipinski definition) is 5. The van der Waals surface area contributed by atoms with Crippen molar-refractivity contribution in [2.45, 2.75) is 19.9 Å². The normalized spacial score (nSPS) is 11.8. The molecule has 4 heterocycles. The highest BCUT2D eigenvalue weighted by Gasteiger charge is 2.16. The quantitative estimate of drug-likeness (QED) is 0.602. The third-order valence-electron chi connectivity index (χ3n) is 3.83. The largest absolute Gasteiger partial charge is 0.368 e. The average molecular weight is 329 g/mol. The van der Waals surface area contributed by atoms with Crippen molar-refractivity contribution < 1.29 is 8.78 Å². The molecule has 0 saturated carbocycles. The monoisotopic (exact) mass is 329 g/mol. The number of fused-ring (bicyclic) bond motifs is 2. The summed E-state index contributed by atoms with van der Waals surface area (Å²) in [5.41, 5.74) is 8.57. The van der Waals surface area contributed by atoms with Crippen LogP contribution in [0.1, 0.15) is 5.82 Å². The molecule has 7 nitrogen and oxygen atoms in total. The van der Waals surface area contributed by atoms with Crippen molar-refractivity contribution in [1.82, 2.24) is 29.5 Å². The Labute approximate surface area is 134 Å². The molecule has 3 N–H and O–H groups in total. The molecule has 4 aromatic rings. The number of nitrogens with zero attached hydrogens (tertiary/aromatic N) is 5. The zero-order valence-electron chi connectivity index (χ0n) is 12.7. The number of pyridine rings is 1. The molecule has 0 spiro atoms. The van der Waals surface area contributed by atoms with E-state index < -0.39 is 13.0 Å². The summed E-state index contributed by atoms with van der Waals surface area (Å²) >= 11 is 0. The number of nitrogens with two attached hydrogens (primary N) is 1. The summed E-state index contributed by atoms with van der Waals surface area (Å²) in [5.74, 6) is 0.676. The van der Waals surface area contributed by atoms with Crippen molar-refractivity contribution in [1.29, 1.82) is 0 Å². The van der Waals surface area contributed by atoms with Crippen LogP contribution in [0, 0.1) is 6.92 Å². The van der Waals surface area contributed by atoms with Crippen LogP contribution in [-0.2, 0) is 6.54 Å². The number of aromatic nitrogens is 6. The molecule has 0 fully saturated rings. The average Bonchev–Trinajstić information content (AvgIpc) is 3.08. The molecule has 4 rings (SSSR count). The first-order chi connectivity index (χ1) is 11.5. The van der Waals surface area contributed by atoms with Crippen molar-refractivity contribution in [2.75, 3.05) is 5.73 Å². The molecular formula is C15H13F2N7. The van der Waals surface area contributed by atoms with E-state index in [1.807, 2.05) is 0 Å². The summed E-state index contributed by atoms with van der Waals surface area (Å²) in [6.07, 6.45) is 0.876. The molecule has 122 valence electrons.